The normalized spacial score (nSPS) is 16.7. The fourth-order valence-corrected chi connectivity index (χ4v) is 4.61. The molecule has 0 radical (unpaired) electrons. The first-order chi connectivity index (χ1) is 16.6. The van der Waals surface area contributed by atoms with E-state index in [1.165, 1.54) is 38.5 Å². The van der Waals surface area contributed by atoms with E-state index < -0.39 is 0 Å². The van der Waals surface area contributed by atoms with Crippen LogP contribution in [0.25, 0.3) is 11.1 Å². The van der Waals surface area contributed by atoms with Crippen molar-refractivity contribution in [2.45, 2.75) is 38.5 Å². The molecule has 0 aromatic heterocycles. The van der Waals surface area contributed by atoms with E-state index in [9.17, 15) is 10.5 Å². The molecule has 2 saturated heterocycles. The van der Waals surface area contributed by atoms with Gasteiger partial charge in [0.2, 0.25) is 0 Å². The summed E-state index contributed by atoms with van der Waals surface area (Å²) in [7, 11) is 0. The van der Waals surface area contributed by atoms with Gasteiger partial charge < -0.3 is 9.80 Å². The largest absolute Gasteiger partial charge is 0.376 e. The van der Waals surface area contributed by atoms with Crippen molar-refractivity contribution < 1.29 is 0 Å². The number of halogens is 2. The summed E-state index contributed by atoms with van der Waals surface area (Å²) in [6.45, 7) is 4.15. The lowest BCUT2D eigenvalue weighted by Gasteiger charge is -2.25. The average molecular weight is 493 g/mol. The molecule has 2 heterocycles. The smallest absolute Gasteiger partial charge is 0.101 e. The van der Waals surface area contributed by atoms with E-state index >= 15 is 0 Å². The molecule has 176 valence electrons. The topological polar surface area (TPSA) is 54.1 Å². The SMILES string of the molecule is N#CC(=CN1CCCCC1)c1ccccc1Cl.N#CC(=CN1CCCCC1)c1ccccc1Cl. The fourth-order valence-electron chi connectivity index (χ4n) is 4.14. The van der Waals surface area contributed by atoms with Crippen molar-refractivity contribution in [1.29, 1.82) is 10.5 Å². The molecule has 4 rings (SSSR count). The maximum atomic E-state index is 9.23. The molecule has 0 amide bonds. The Balaban J connectivity index is 0.000000191. The van der Waals surface area contributed by atoms with Crippen molar-refractivity contribution in [2.24, 2.45) is 0 Å². The van der Waals surface area contributed by atoms with Gasteiger partial charge >= 0.3 is 0 Å². The molecule has 6 heteroatoms. The van der Waals surface area contributed by atoms with Crippen molar-refractivity contribution in [2.75, 3.05) is 26.2 Å². The quantitative estimate of drug-likeness (QED) is 0.417. The van der Waals surface area contributed by atoms with Gasteiger partial charge in [0.15, 0.2) is 0 Å². The van der Waals surface area contributed by atoms with E-state index in [0.29, 0.717) is 21.2 Å². The van der Waals surface area contributed by atoms with E-state index in [1.54, 1.807) is 0 Å². The van der Waals surface area contributed by atoms with Crippen molar-refractivity contribution in [1.82, 2.24) is 9.80 Å². The van der Waals surface area contributed by atoms with Crippen LogP contribution in [0.15, 0.2) is 60.9 Å². The predicted molar refractivity (Wildman–Crippen MR) is 141 cm³/mol. The number of likely N-dealkylation sites (tertiary alicyclic amines) is 2. The highest BCUT2D eigenvalue weighted by atomic mass is 35.5. The molecular formula is C28H30Cl2N4. The molecule has 0 atom stereocenters. The van der Waals surface area contributed by atoms with Crippen LogP contribution in [0, 0.1) is 22.7 Å². The molecule has 34 heavy (non-hydrogen) atoms. The van der Waals surface area contributed by atoms with Crippen LogP contribution < -0.4 is 0 Å². The zero-order valence-corrected chi connectivity index (χ0v) is 20.9. The predicted octanol–water partition coefficient (Wildman–Crippen LogP) is 7.38. The van der Waals surface area contributed by atoms with Gasteiger partial charge in [0.05, 0.1) is 11.1 Å². The first-order valence-corrected chi connectivity index (χ1v) is 12.6. The van der Waals surface area contributed by atoms with Gasteiger partial charge in [-0.15, -0.1) is 0 Å². The lowest BCUT2D eigenvalue weighted by molar-refractivity contribution is 0.310. The number of nitriles is 2. The van der Waals surface area contributed by atoms with Crippen molar-refractivity contribution >= 4 is 34.3 Å². The molecule has 2 aromatic carbocycles. The molecule has 2 fully saturated rings. The third kappa shape index (κ3) is 7.56. The molecule has 2 aromatic rings. The highest BCUT2D eigenvalue weighted by Gasteiger charge is 2.11. The van der Waals surface area contributed by atoms with Gasteiger partial charge in [-0.25, -0.2) is 0 Å². The number of rotatable bonds is 4. The number of piperidine rings is 2. The summed E-state index contributed by atoms with van der Waals surface area (Å²) < 4.78 is 0. The van der Waals surface area contributed by atoms with E-state index in [-0.39, 0.29) is 0 Å². The van der Waals surface area contributed by atoms with E-state index in [1.807, 2.05) is 60.9 Å². The van der Waals surface area contributed by atoms with Crippen LogP contribution in [0.5, 0.6) is 0 Å². The maximum absolute atomic E-state index is 9.23. The Bertz CT molecular complexity index is 995. The van der Waals surface area contributed by atoms with Crippen LogP contribution in [0.1, 0.15) is 49.7 Å². The molecule has 0 unspecified atom stereocenters. The fraction of sp³-hybridized carbons (Fsp3) is 0.357. The summed E-state index contributed by atoms with van der Waals surface area (Å²) in [6.07, 6.45) is 11.3. The molecule has 0 bridgehead atoms. The van der Waals surface area contributed by atoms with Crippen LogP contribution in [0.3, 0.4) is 0 Å². The lowest BCUT2D eigenvalue weighted by Crippen LogP contribution is -2.24. The van der Waals surface area contributed by atoms with Crippen molar-refractivity contribution in [3.8, 4) is 12.1 Å². The summed E-state index contributed by atoms with van der Waals surface area (Å²) in [5.41, 5.74) is 2.94. The molecule has 0 saturated carbocycles. The number of hydrogen-bond acceptors (Lipinski definition) is 4. The Morgan fingerprint density at radius 1 is 0.618 bits per heavy atom. The first kappa shape index (κ1) is 25.7. The second-order valence-corrected chi connectivity index (χ2v) is 9.28. The van der Waals surface area contributed by atoms with Gasteiger partial charge in [0.25, 0.3) is 0 Å². The minimum absolute atomic E-state index is 0.636. The van der Waals surface area contributed by atoms with Crippen LogP contribution >= 0.6 is 23.2 Å². The number of hydrogen-bond donors (Lipinski definition) is 0. The summed E-state index contributed by atoms with van der Waals surface area (Å²) in [5.74, 6) is 0. The third-order valence-electron chi connectivity index (χ3n) is 5.97. The first-order valence-electron chi connectivity index (χ1n) is 11.8. The maximum Gasteiger partial charge on any atom is 0.101 e. The van der Waals surface area contributed by atoms with E-state index in [2.05, 4.69) is 21.9 Å². The number of benzene rings is 2. The molecule has 0 spiro atoms. The Morgan fingerprint density at radius 2 is 0.971 bits per heavy atom. The van der Waals surface area contributed by atoms with Gasteiger partial charge in [-0.3, -0.25) is 0 Å². The summed E-state index contributed by atoms with van der Waals surface area (Å²) in [5, 5.41) is 19.7. The second kappa shape index (κ2) is 13.7. The Kier molecular flexibility index (Phi) is 10.4. The van der Waals surface area contributed by atoms with Crippen LogP contribution in [0.4, 0.5) is 0 Å². The van der Waals surface area contributed by atoms with Crippen LogP contribution in [-0.4, -0.2) is 36.0 Å². The van der Waals surface area contributed by atoms with E-state index in [0.717, 1.165) is 37.3 Å². The third-order valence-corrected chi connectivity index (χ3v) is 6.63. The standard InChI is InChI=1S/2C14H15ClN2/c2*15-14-7-3-2-6-13(14)12(10-16)11-17-8-4-1-5-9-17/h2*2-3,6-7,11H,1,4-5,8-9H2. The second-order valence-electron chi connectivity index (χ2n) is 8.46. The van der Waals surface area contributed by atoms with E-state index in [4.69, 9.17) is 23.2 Å². The molecular weight excluding hydrogens is 463 g/mol. The van der Waals surface area contributed by atoms with Gasteiger partial charge in [0, 0.05) is 59.8 Å². The molecule has 2 aliphatic heterocycles. The van der Waals surface area contributed by atoms with Crippen molar-refractivity contribution in [3.63, 3.8) is 0 Å². The highest BCUT2D eigenvalue weighted by Crippen LogP contribution is 2.25. The average Bonchev–Trinajstić information content (AvgIpc) is 2.88. The van der Waals surface area contributed by atoms with Crippen molar-refractivity contribution in [3.05, 3.63) is 82.1 Å². The molecule has 2 aliphatic rings. The Labute approximate surface area is 213 Å². The Morgan fingerprint density at radius 3 is 1.29 bits per heavy atom. The monoisotopic (exact) mass is 492 g/mol. The number of allylic oxidation sites excluding steroid dienone is 2. The Hall–Kier alpha value is -2.92. The van der Waals surface area contributed by atoms with Crippen LogP contribution in [0.2, 0.25) is 10.0 Å². The zero-order chi connectivity index (χ0) is 24.2. The summed E-state index contributed by atoms with van der Waals surface area (Å²) >= 11 is 12.2. The highest BCUT2D eigenvalue weighted by molar-refractivity contribution is 6.33. The molecule has 0 aliphatic carbocycles. The summed E-state index contributed by atoms with van der Waals surface area (Å²) in [4.78, 5) is 4.43. The van der Waals surface area contributed by atoms with Gasteiger partial charge in [-0.1, -0.05) is 59.6 Å². The number of nitrogens with zero attached hydrogens (tertiary/aromatic N) is 4. The molecule has 0 N–H and O–H groups in total. The van der Waals surface area contributed by atoms with Gasteiger partial charge in [-0.2, -0.15) is 10.5 Å². The minimum atomic E-state index is 0.636. The lowest BCUT2D eigenvalue weighted by atomic mass is 10.1. The van der Waals surface area contributed by atoms with Crippen LogP contribution in [-0.2, 0) is 0 Å². The van der Waals surface area contributed by atoms with Gasteiger partial charge in [0.1, 0.15) is 12.1 Å². The minimum Gasteiger partial charge on any atom is -0.376 e. The zero-order valence-electron chi connectivity index (χ0n) is 19.4. The molecule has 4 nitrogen and oxygen atoms in total. The van der Waals surface area contributed by atoms with Gasteiger partial charge in [-0.05, 0) is 50.7 Å². The summed E-state index contributed by atoms with van der Waals surface area (Å²) in [6, 6.07) is 19.5.